The van der Waals surface area contributed by atoms with Gasteiger partial charge in [0.1, 0.15) is 0 Å². The minimum Gasteiger partial charge on any atom is -0.370 e. The monoisotopic (exact) mass is 236 g/mol. The minimum absolute atomic E-state index is 0.329. The molecule has 94 valence electrons. The van der Waals surface area contributed by atoms with Crippen molar-refractivity contribution in [2.45, 2.75) is 32.6 Å². The Morgan fingerprint density at radius 3 is 1.59 bits per heavy atom. The maximum absolute atomic E-state index is 10.2. The zero-order valence-corrected chi connectivity index (χ0v) is 10.2. The quantitative estimate of drug-likeness (QED) is 0.759. The second kappa shape index (κ2) is 9.39. The van der Waals surface area contributed by atoms with Gasteiger partial charge in [-0.3, -0.25) is 9.59 Å². The lowest BCUT2D eigenvalue weighted by atomic mass is 10.2. The Morgan fingerprint density at radius 1 is 0.941 bits per heavy atom. The summed E-state index contributed by atoms with van der Waals surface area (Å²) in [5.41, 5.74) is 11.0. The van der Waals surface area contributed by atoms with Gasteiger partial charge in [-0.05, 0) is 19.8 Å². The highest BCUT2D eigenvalue weighted by molar-refractivity contribution is 5.74. The summed E-state index contributed by atoms with van der Waals surface area (Å²) in [5, 5.41) is 0. The standard InChI is InChI=1S/C7H8.C6H12N2O2/c1-7-5-3-2-4-6-7;7-5(9)3-1-2-4-6(8)10/h2-6H,1H3;1-4H2,(H2,7,9)(H2,8,10). The van der Waals surface area contributed by atoms with Crippen LogP contribution in [-0.4, -0.2) is 11.8 Å². The second-order valence-corrected chi connectivity index (χ2v) is 3.79. The minimum atomic E-state index is -0.329. The molecule has 0 spiro atoms. The van der Waals surface area contributed by atoms with E-state index in [0.717, 1.165) is 0 Å². The van der Waals surface area contributed by atoms with E-state index in [1.807, 2.05) is 18.2 Å². The van der Waals surface area contributed by atoms with Gasteiger partial charge in [0.2, 0.25) is 11.8 Å². The van der Waals surface area contributed by atoms with Crippen LogP contribution in [0.25, 0.3) is 0 Å². The molecular weight excluding hydrogens is 216 g/mol. The number of hydrogen-bond donors (Lipinski definition) is 2. The molecule has 0 saturated carbocycles. The van der Waals surface area contributed by atoms with Gasteiger partial charge in [0.25, 0.3) is 0 Å². The molecule has 1 aromatic rings. The molecule has 0 bridgehead atoms. The third-order valence-corrected chi connectivity index (χ3v) is 2.04. The lowest BCUT2D eigenvalue weighted by Crippen LogP contribution is -2.12. The number of hydrogen-bond acceptors (Lipinski definition) is 2. The van der Waals surface area contributed by atoms with Gasteiger partial charge in [-0.2, -0.15) is 0 Å². The van der Waals surface area contributed by atoms with E-state index in [2.05, 4.69) is 19.1 Å². The molecule has 0 aliphatic carbocycles. The van der Waals surface area contributed by atoms with Crippen LogP contribution in [-0.2, 0) is 9.59 Å². The predicted molar refractivity (Wildman–Crippen MR) is 68.0 cm³/mol. The number of aryl methyl sites for hydroxylation is 1. The smallest absolute Gasteiger partial charge is 0.217 e. The van der Waals surface area contributed by atoms with Crippen molar-refractivity contribution in [2.24, 2.45) is 11.5 Å². The molecule has 0 aliphatic heterocycles. The highest BCUT2D eigenvalue weighted by atomic mass is 16.1. The molecule has 1 aromatic carbocycles. The van der Waals surface area contributed by atoms with Gasteiger partial charge in [-0.15, -0.1) is 0 Å². The van der Waals surface area contributed by atoms with Crippen LogP contribution in [0.4, 0.5) is 0 Å². The molecule has 0 aromatic heterocycles. The van der Waals surface area contributed by atoms with Crippen molar-refractivity contribution in [3.63, 3.8) is 0 Å². The SMILES string of the molecule is Cc1ccccc1.NC(=O)CCCCC(N)=O. The highest BCUT2D eigenvalue weighted by Crippen LogP contribution is 1.97. The maximum Gasteiger partial charge on any atom is 0.217 e. The van der Waals surface area contributed by atoms with E-state index >= 15 is 0 Å². The molecule has 2 amide bonds. The summed E-state index contributed by atoms with van der Waals surface area (Å²) in [5.74, 6) is -0.658. The molecule has 4 nitrogen and oxygen atoms in total. The van der Waals surface area contributed by atoms with Crippen molar-refractivity contribution in [1.29, 1.82) is 0 Å². The van der Waals surface area contributed by atoms with Crippen LogP contribution in [0.2, 0.25) is 0 Å². The van der Waals surface area contributed by atoms with Gasteiger partial charge in [0.05, 0.1) is 0 Å². The van der Waals surface area contributed by atoms with E-state index in [0.29, 0.717) is 25.7 Å². The predicted octanol–water partition coefficient (Wildman–Crippen LogP) is 1.51. The molecule has 0 saturated heterocycles. The van der Waals surface area contributed by atoms with Crippen LogP contribution in [0.15, 0.2) is 30.3 Å². The first-order chi connectivity index (χ1) is 8.02. The number of nitrogens with two attached hydrogens (primary N) is 2. The van der Waals surface area contributed by atoms with E-state index in [-0.39, 0.29) is 11.8 Å². The fraction of sp³-hybridized carbons (Fsp3) is 0.385. The summed E-state index contributed by atoms with van der Waals surface area (Å²) in [7, 11) is 0. The van der Waals surface area contributed by atoms with Gasteiger partial charge >= 0.3 is 0 Å². The van der Waals surface area contributed by atoms with Crippen LogP contribution in [0.3, 0.4) is 0 Å². The zero-order chi connectivity index (χ0) is 13.1. The maximum atomic E-state index is 10.2. The molecule has 0 unspecified atom stereocenters. The largest absolute Gasteiger partial charge is 0.370 e. The Balaban J connectivity index is 0.000000318. The number of benzene rings is 1. The molecule has 0 atom stereocenters. The number of rotatable bonds is 5. The first-order valence-electron chi connectivity index (χ1n) is 5.60. The second-order valence-electron chi connectivity index (χ2n) is 3.79. The van der Waals surface area contributed by atoms with Crippen LogP contribution < -0.4 is 11.5 Å². The third kappa shape index (κ3) is 12.1. The van der Waals surface area contributed by atoms with Crippen LogP contribution in [0.5, 0.6) is 0 Å². The van der Waals surface area contributed by atoms with Crippen molar-refractivity contribution in [1.82, 2.24) is 0 Å². The Bertz CT molecular complexity index is 321. The zero-order valence-electron chi connectivity index (χ0n) is 10.2. The molecule has 0 fully saturated rings. The van der Waals surface area contributed by atoms with E-state index in [1.165, 1.54) is 5.56 Å². The van der Waals surface area contributed by atoms with E-state index in [1.54, 1.807) is 0 Å². The molecule has 17 heavy (non-hydrogen) atoms. The van der Waals surface area contributed by atoms with Crippen molar-refractivity contribution < 1.29 is 9.59 Å². The summed E-state index contributed by atoms with van der Waals surface area (Å²) in [6, 6.07) is 10.3. The lowest BCUT2D eigenvalue weighted by Gasteiger charge is -1.93. The van der Waals surface area contributed by atoms with Crippen molar-refractivity contribution >= 4 is 11.8 Å². The number of primary amides is 2. The van der Waals surface area contributed by atoms with Crippen molar-refractivity contribution in [3.05, 3.63) is 35.9 Å². The molecule has 0 heterocycles. The molecule has 0 radical (unpaired) electrons. The highest BCUT2D eigenvalue weighted by Gasteiger charge is 1.96. The normalized spacial score (nSPS) is 9.00. The summed E-state index contributed by atoms with van der Waals surface area (Å²) in [6.45, 7) is 2.08. The van der Waals surface area contributed by atoms with Crippen LogP contribution >= 0.6 is 0 Å². The van der Waals surface area contributed by atoms with Gasteiger partial charge in [0, 0.05) is 12.8 Å². The Hall–Kier alpha value is -1.84. The van der Waals surface area contributed by atoms with Gasteiger partial charge in [-0.25, -0.2) is 0 Å². The van der Waals surface area contributed by atoms with Crippen molar-refractivity contribution in [2.75, 3.05) is 0 Å². The van der Waals surface area contributed by atoms with Crippen molar-refractivity contribution in [3.8, 4) is 0 Å². The lowest BCUT2D eigenvalue weighted by molar-refractivity contribution is -0.119. The summed E-state index contributed by atoms with van der Waals surface area (Å²) >= 11 is 0. The number of unbranched alkanes of at least 4 members (excludes halogenated alkanes) is 1. The summed E-state index contributed by atoms with van der Waals surface area (Å²) in [6.07, 6.45) is 1.98. The Labute approximate surface area is 102 Å². The van der Waals surface area contributed by atoms with Crippen LogP contribution in [0, 0.1) is 6.92 Å². The number of carbonyl (C=O) groups is 2. The molecule has 4 heteroatoms. The Morgan fingerprint density at radius 2 is 1.35 bits per heavy atom. The topological polar surface area (TPSA) is 86.2 Å². The molecule has 4 N–H and O–H groups in total. The average molecular weight is 236 g/mol. The molecule has 1 rings (SSSR count). The fourth-order valence-electron chi connectivity index (χ4n) is 1.13. The summed E-state index contributed by atoms with van der Waals surface area (Å²) in [4.78, 5) is 20.3. The summed E-state index contributed by atoms with van der Waals surface area (Å²) < 4.78 is 0. The molecular formula is C13H20N2O2. The van der Waals surface area contributed by atoms with E-state index in [4.69, 9.17) is 11.5 Å². The first kappa shape index (κ1) is 15.2. The molecule has 0 aliphatic rings. The number of amides is 2. The number of carbonyl (C=O) groups excluding carboxylic acids is 2. The first-order valence-corrected chi connectivity index (χ1v) is 5.60. The Kier molecular flexibility index (Phi) is 8.37. The van der Waals surface area contributed by atoms with Gasteiger partial charge in [-0.1, -0.05) is 35.9 Å². The fourth-order valence-corrected chi connectivity index (χ4v) is 1.13. The van der Waals surface area contributed by atoms with Gasteiger partial charge < -0.3 is 11.5 Å². The third-order valence-electron chi connectivity index (χ3n) is 2.04. The van der Waals surface area contributed by atoms with Crippen LogP contribution in [0.1, 0.15) is 31.2 Å². The van der Waals surface area contributed by atoms with E-state index < -0.39 is 0 Å². The van der Waals surface area contributed by atoms with E-state index in [9.17, 15) is 9.59 Å². The van der Waals surface area contributed by atoms with Gasteiger partial charge in [0.15, 0.2) is 0 Å². The average Bonchev–Trinajstić information content (AvgIpc) is 2.26.